The van der Waals surface area contributed by atoms with Gasteiger partial charge in [-0.15, -0.1) is 0 Å². The van der Waals surface area contributed by atoms with Crippen LogP contribution in [0.25, 0.3) is 0 Å². The number of benzene rings is 1. The molecule has 0 N–H and O–H groups in total. The summed E-state index contributed by atoms with van der Waals surface area (Å²) in [6.07, 6.45) is 0.823. The monoisotopic (exact) mass is 265 g/mol. The second kappa shape index (κ2) is 6.26. The molecule has 1 aliphatic heterocycles. The standard InChI is InChI=1S/C15H20FNO2/c1-11-9-17(10-12(2)19-11)7-6-15(18)13-4-3-5-14(16)8-13/h3-5,8,11-12H,6-7,9-10H2,1-2H3/t11-,12+. The molecule has 0 amide bonds. The van der Waals surface area contributed by atoms with Crippen LogP contribution in [0.4, 0.5) is 4.39 Å². The largest absolute Gasteiger partial charge is 0.373 e. The Balaban J connectivity index is 1.86. The first-order valence-electron chi connectivity index (χ1n) is 6.71. The van der Waals surface area contributed by atoms with E-state index in [2.05, 4.69) is 4.90 Å². The van der Waals surface area contributed by atoms with Crippen LogP contribution in [0.2, 0.25) is 0 Å². The first-order chi connectivity index (χ1) is 9.04. The summed E-state index contributed by atoms with van der Waals surface area (Å²) in [7, 11) is 0. The molecule has 0 saturated carbocycles. The van der Waals surface area contributed by atoms with Gasteiger partial charge in [0.25, 0.3) is 0 Å². The van der Waals surface area contributed by atoms with Crippen LogP contribution >= 0.6 is 0 Å². The second-order valence-corrected chi connectivity index (χ2v) is 5.20. The molecule has 1 aromatic rings. The van der Waals surface area contributed by atoms with E-state index < -0.39 is 0 Å². The van der Waals surface area contributed by atoms with Crippen molar-refractivity contribution in [1.82, 2.24) is 4.90 Å². The lowest BCUT2D eigenvalue weighted by atomic mass is 10.1. The zero-order valence-corrected chi connectivity index (χ0v) is 11.4. The Morgan fingerprint density at radius 1 is 1.37 bits per heavy atom. The Labute approximate surface area is 113 Å². The predicted octanol–water partition coefficient (Wildman–Crippen LogP) is 2.51. The molecule has 3 nitrogen and oxygen atoms in total. The SMILES string of the molecule is C[C@@H]1CN(CCC(=O)c2cccc(F)c2)C[C@H](C)O1. The third-order valence-electron chi connectivity index (χ3n) is 3.30. The predicted molar refractivity (Wildman–Crippen MR) is 71.8 cm³/mol. The Bertz CT molecular complexity index is 440. The molecule has 2 atom stereocenters. The van der Waals surface area contributed by atoms with Crippen molar-refractivity contribution in [1.29, 1.82) is 0 Å². The quantitative estimate of drug-likeness (QED) is 0.783. The van der Waals surface area contributed by atoms with E-state index in [1.165, 1.54) is 12.1 Å². The number of carbonyl (C=O) groups excluding carboxylic acids is 1. The maximum atomic E-state index is 13.0. The highest BCUT2D eigenvalue weighted by molar-refractivity contribution is 5.96. The van der Waals surface area contributed by atoms with Crippen LogP contribution < -0.4 is 0 Å². The molecule has 1 saturated heterocycles. The first kappa shape index (κ1) is 14.2. The van der Waals surface area contributed by atoms with E-state index in [0.29, 0.717) is 18.5 Å². The fraction of sp³-hybridized carbons (Fsp3) is 0.533. The lowest BCUT2D eigenvalue weighted by Gasteiger charge is -2.35. The molecule has 19 heavy (non-hydrogen) atoms. The second-order valence-electron chi connectivity index (χ2n) is 5.20. The molecule has 4 heteroatoms. The van der Waals surface area contributed by atoms with Gasteiger partial charge in [-0.05, 0) is 26.0 Å². The average molecular weight is 265 g/mol. The van der Waals surface area contributed by atoms with Crippen LogP contribution in [-0.4, -0.2) is 42.5 Å². The fourth-order valence-electron chi connectivity index (χ4n) is 2.53. The van der Waals surface area contributed by atoms with Gasteiger partial charge in [0.1, 0.15) is 5.82 Å². The van der Waals surface area contributed by atoms with Crippen molar-refractivity contribution in [3.05, 3.63) is 35.6 Å². The van der Waals surface area contributed by atoms with Crippen LogP contribution in [0.1, 0.15) is 30.6 Å². The number of hydrogen-bond acceptors (Lipinski definition) is 3. The summed E-state index contributed by atoms with van der Waals surface area (Å²) in [5.41, 5.74) is 0.453. The van der Waals surface area contributed by atoms with Gasteiger partial charge < -0.3 is 4.74 Å². The average Bonchev–Trinajstić information content (AvgIpc) is 2.35. The van der Waals surface area contributed by atoms with Gasteiger partial charge in [0.05, 0.1) is 12.2 Å². The number of hydrogen-bond donors (Lipinski definition) is 0. The van der Waals surface area contributed by atoms with Crippen molar-refractivity contribution in [3.63, 3.8) is 0 Å². The highest BCUT2D eigenvalue weighted by atomic mass is 19.1. The summed E-state index contributed by atoms with van der Waals surface area (Å²) in [5, 5.41) is 0. The molecule has 0 spiro atoms. The van der Waals surface area contributed by atoms with Crippen molar-refractivity contribution >= 4 is 5.78 Å². The first-order valence-corrected chi connectivity index (χ1v) is 6.71. The summed E-state index contributed by atoms with van der Waals surface area (Å²) in [4.78, 5) is 14.2. The number of halogens is 1. The van der Waals surface area contributed by atoms with Crippen molar-refractivity contribution in [2.75, 3.05) is 19.6 Å². The van der Waals surface area contributed by atoms with Gasteiger partial charge in [0.15, 0.2) is 5.78 Å². The third kappa shape index (κ3) is 4.11. The van der Waals surface area contributed by atoms with Crippen molar-refractivity contribution in [2.24, 2.45) is 0 Å². The lowest BCUT2D eigenvalue weighted by Crippen LogP contribution is -2.46. The van der Waals surface area contributed by atoms with Gasteiger partial charge >= 0.3 is 0 Å². The minimum absolute atomic E-state index is 0.00806. The molecular formula is C15H20FNO2. The number of nitrogens with zero attached hydrogens (tertiary/aromatic N) is 1. The van der Waals surface area contributed by atoms with Gasteiger partial charge in [-0.2, -0.15) is 0 Å². The number of carbonyl (C=O) groups is 1. The minimum Gasteiger partial charge on any atom is -0.373 e. The number of ketones is 1. The Kier molecular flexibility index (Phi) is 4.66. The highest BCUT2D eigenvalue weighted by Gasteiger charge is 2.22. The number of Topliss-reactive ketones (excluding diaryl/α,β-unsaturated/α-hetero) is 1. The van der Waals surface area contributed by atoms with E-state index in [1.807, 2.05) is 13.8 Å². The summed E-state index contributed by atoms with van der Waals surface area (Å²) < 4.78 is 18.7. The summed E-state index contributed by atoms with van der Waals surface area (Å²) >= 11 is 0. The van der Waals surface area contributed by atoms with Crippen molar-refractivity contribution in [3.8, 4) is 0 Å². The van der Waals surface area contributed by atoms with Crippen molar-refractivity contribution < 1.29 is 13.9 Å². The molecule has 0 aromatic heterocycles. The lowest BCUT2D eigenvalue weighted by molar-refractivity contribution is -0.0675. The van der Waals surface area contributed by atoms with Crippen LogP contribution in [0, 0.1) is 5.82 Å². The molecule has 1 aromatic carbocycles. The molecule has 0 aliphatic carbocycles. The Morgan fingerprint density at radius 2 is 2.05 bits per heavy atom. The van der Waals surface area contributed by atoms with E-state index in [1.54, 1.807) is 12.1 Å². The summed E-state index contributed by atoms with van der Waals surface area (Å²) in [5.74, 6) is -0.370. The number of ether oxygens (including phenoxy) is 1. The maximum Gasteiger partial charge on any atom is 0.164 e. The van der Waals surface area contributed by atoms with Crippen molar-refractivity contribution in [2.45, 2.75) is 32.5 Å². The third-order valence-corrected chi connectivity index (χ3v) is 3.30. The zero-order valence-electron chi connectivity index (χ0n) is 11.4. The Hall–Kier alpha value is -1.26. The van der Waals surface area contributed by atoms with Crippen LogP contribution in [0.3, 0.4) is 0 Å². The molecule has 104 valence electrons. The van der Waals surface area contributed by atoms with Gasteiger partial charge in [0.2, 0.25) is 0 Å². The van der Waals surface area contributed by atoms with Crippen LogP contribution in [0.5, 0.6) is 0 Å². The van der Waals surface area contributed by atoms with E-state index in [4.69, 9.17) is 4.74 Å². The normalized spacial score (nSPS) is 24.4. The molecular weight excluding hydrogens is 245 g/mol. The molecule has 1 aliphatic rings. The summed E-state index contributed by atoms with van der Waals surface area (Å²) in [6, 6.07) is 5.88. The fourth-order valence-corrected chi connectivity index (χ4v) is 2.53. The van der Waals surface area contributed by atoms with Gasteiger partial charge in [0, 0.05) is 31.6 Å². The molecule has 2 rings (SSSR count). The molecule has 0 unspecified atom stereocenters. The van der Waals surface area contributed by atoms with Crippen LogP contribution in [0.15, 0.2) is 24.3 Å². The number of rotatable bonds is 4. The van der Waals surface area contributed by atoms with E-state index in [9.17, 15) is 9.18 Å². The summed E-state index contributed by atoms with van der Waals surface area (Å²) in [6.45, 7) is 6.48. The van der Waals surface area contributed by atoms with Gasteiger partial charge in [-0.1, -0.05) is 12.1 Å². The molecule has 0 radical (unpaired) electrons. The highest BCUT2D eigenvalue weighted by Crippen LogP contribution is 2.12. The van der Waals surface area contributed by atoms with E-state index in [0.717, 1.165) is 13.1 Å². The minimum atomic E-state index is -0.362. The Morgan fingerprint density at radius 3 is 2.68 bits per heavy atom. The molecule has 1 heterocycles. The van der Waals surface area contributed by atoms with Gasteiger partial charge in [-0.25, -0.2) is 4.39 Å². The van der Waals surface area contributed by atoms with Gasteiger partial charge in [-0.3, -0.25) is 9.69 Å². The topological polar surface area (TPSA) is 29.5 Å². The maximum absolute atomic E-state index is 13.0. The molecule has 1 fully saturated rings. The van der Waals surface area contributed by atoms with Crippen LogP contribution in [-0.2, 0) is 4.74 Å². The molecule has 0 bridgehead atoms. The number of morpholine rings is 1. The van der Waals surface area contributed by atoms with E-state index >= 15 is 0 Å². The zero-order chi connectivity index (χ0) is 13.8. The van der Waals surface area contributed by atoms with E-state index in [-0.39, 0.29) is 23.8 Å². The smallest absolute Gasteiger partial charge is 0.164 e.